The van der Waals surface area contributed by atoms with Crippen LogP contribution in [0.15, 0.2) is 6.20 Å². The van der Waals surface area contributed by atoms with Crippen LogP contribution >= 0.6 is 0 Å². The number of hydrazine groups is 1. The van der Waals surface area contributed by atoms with E-state index >= 15 is 0 Å². The summed E-state index contributed by atoms with van der Waals surface area (Å²) in [5.41, 5.74) is 1.44. The molecule has 0 unspecified atom stereocenters. The van der Waals surface area contributed by atoms with Crippen molar-refractivity contribution in [3.8, 4) is 0 Å². The Labute approximate surface area is 106 Å². The summed E-state index contributed by atoms with van der Waals surface area (Å²) in [6.45, 7) is 5.33. The van der Waals surface area contributed by atoms with Crippen molar-refractivity contribution in [2.45, 2.75) is 26.0 Å². The maximum atomic E-state index is 11.2. The standard InChI is InChI=1S/C10H20N6O2/c1-10(2,18)7-15(3)4-5-16-6-8(13-14-16)9(17)12-11/h6,18H,4-5,7,11H2,1-3H3,(H,12,17). The van der Waals surface area contributed by atoms with Gasteiger partial charge in [-0.05, 0) is 20.9 Å². The molecule has 8 heteroatoms. The van der Waals surface area contributed by atoms with Gasteiger partial charge in [0.1, 0.15) is 0 Å². The fraction of sp³-hybridized carbons (Fsp3) is 0.700. The van der Waals surface area contributed by atoms with Gasteiger partial charge in [-0.1, -0.05) is 5.21 Å². The molecule has 1 rings (SSSR count). The topological polar surface area (TPSA) is 109 Å². The average molecular weight is 256 g/mol. The summed E-state index contributed by atoms with van der Waals surface area (Å²) in [6.07, 6.45) is 1.53. The van der Waals surface area contributed by atoms with Crippen LogP contribution in [0, 0.1) is 0 Å². The number of aromatic nitrogens is 3. The van der Waals surface area contributed by atoms with E-state index in [2.05, 4.69) is 10.3 Å². The maximum absolute atomic E-state index is 11.2. The van der Waals surface area contributed by atoms with Crippen LogP contribution in [0.4, 0.5) is 0 Å². The van der Waals surface area contributed by atoms with Crippen LogP contribution < -0.4 is 11.3 Å². The van der Waals surface area contributed by atoms with E-state index in [9.17, 15) is 9.90 Å². The molecule has 0 radical (unpaired) electrons. The molecule has 0 saturated heterocycles. The van der Waals surface area contributed by atoms with Crippen LogP contribution in [0.25, 0.3) is 0 Å². The Bertz CT molecular complexity index is 397. The molecule has 0 aromatic carbocycles. The molecule has 0 saturated carbocycles. The Morgan fingerprint density at radius 2 is 2.33 bits per heavy atom. The first kappa shape index (κ1) is 14.6. The van der Waals surface area contributed by atoms with Gasteiger partial charge in [-0.2, -0.15) is 0 Å². The van der Waals surface area contributed by atoms with Crippen molar-refractivity contribution in [1.82, 2.24) is 25.3 Å². The first-order valence-electron chi connectivity index (χ1n) is 5.64. The fourth-order valence-corrected chi connectivity index (χ4v) is 1.60. The third-order valence-electron chi connectivity index (χ3n) is 2.27. The minimum atomic E-state index is -0.734. The molecule has 0 aliphatic carbocycles. The number of likely N-dealkylation sites (N-methyl/N-ethyl adjacent to an activating group) is 1. The molecule has 1 aromatic heterocycles. The van der Waals surface area contributed by atoms with Crippen LogP contribution in [-0.2, 0) is 6.54 Å². The second-order valence-corrected chi connectivity index (χ2v) is 4.89. The second-order valence-electron chi connectivity index (χ2n) is 4.89. The van der Waals surface area contributed by atoms with Crippen molar-refractivity contribution in [3.05, 3.63) is 11.9 Å². The first-order valence-corrected chi connectivity index (χ1v) is 5.64. The summed E-state index contributed by atoms with van der Waals surface area (Å²) < 4.78 is 1.56. The Morgan fingerprint density at radius 1 is 1.67 bits per heavy atom. The van der Waals surface area contributed by atoms with E-state index in [1.54, 1.807) is 18.5 Å². The predicted molar refractivity (Wildman–Crippen MR) is 65.5 cm³/mol. The molecule has 0 aliphatic rings. The fourth-order valence-electron chi connectivity index (χ4n) is 1.60. The van der Waals surface area contributed by atoms with Gasteiger partial charge < -0.3 is 10.0 Å². The van der Waals surface area contributed by atoms with E-state index < -0.39 is 11.5 Å². The summed E-state index contributed by atoms with van der Waals surface area (Å²) in [6, 6.07) is 0. The Hall–Kier alpha value is -1.51. The Morgan fingerprint density at radius 3 is 2.89 bits per heavy atom. The highest BCUT2D eigenvalue weighted by atomic mass is 16.3. The van der Waals surface area contributed by atoms with E-state index in [0.717, 1.165) is 0 Å². The summed E-state index contributed by atoms with van der Waals surface area (Å²) >= 11 is 0. The highest BCUT2D eigenvalue weighted by molar-refractivity contribution is 5.91. The number of amides is 1. The van der Waals surface area contributed by atoms with Gasteiger partial charge in [-0.25, -0.2) is 5.84 Å². The minimum absolute atomic E-state index is 0.183. The lowest BCUT2D eigenvalue weighted by molar-refractivity contribution is 0.0434. The van der Waals surface area contributed by atoms with Crippen LogP contribution in [0.1, 0.15) is 24.3 Å². The Balaban J connectivity index is 2.44. The van der Waals surface area contributed by atoms with E-state index in [-0.39, 0.29) is 5.69 Å². The lowest BCUT2D eigenvalue weighted by atomic mass is 10.1. The van der Waals surface area contributed by atoms with Gasteiger partial charge in [0.2, 0.25) is 0 Å². The number of carbonyl (C=O) groups excluding carboxylic acids is 1. The monoisotopic (exact) mass is 256 g/mol. The quantitative estimate of drug-likeness (QED) is 0.327. The molecule has 0 atom stereocenters. The molecule has 102 valence electrons. The highest BCUT2D eigenvalue weighted by Gasteiger charge is 2.15. The van der Waals surface area contributed by atoms with Gasteiger partial charge in [0, 0.05) is 13.1 Å². The van der Waals surface area contributed by atoms with Crippen molar-refractivity contribution >= 4 is 5.91 Å². The summed E-state index contributed by atoms with van der Waals surface area (Å²) in [4.78, 5) is 13.1. The zero-order valence-corrected chi connectivity index (χ0v) is 10.9. The summed E-state index contributed by atoms with van der Waals surface area (Å²) in [5, 5.41) is 17.2. The van der Waals surface area contributed by atoms with Crippen molar-refractivity contribution in [2.75, 3.05) is 20.1 Å². The number of nitrogens with zero attached hydrogens (tertiary/aromatic N) is 4. The van der Waals surface area contributed by atoms with Crippen LogP contribution in [0.2, 0.25) is 0 Å². The second kappa shape index (κ2) is 5.89. The largest absolute Gasteiger partial charge is 0.389 e. The average Bonchev–Trinajstić information content (AvgIpc) is 2.71. The summed E-state index contributed by atoms with van der Waals surface area (Å²) in [7, 11) is 1.91. The third-order valence-corrected chi connectivity index (χ3v) is 2.27. The predicted octanol–water partition coefficient (Wildman–Crippen LogP) is -1.42. The number of hydrogen-bond donors (Lipinski definition) is 3. The molecule has 0 fully saturated rings. The van der Waals surface area contributed by atoms with E-state index in [4.69, 9.17) is 5.84 Å². The van der Waals surface area contributed by atoms with E-state index in [1.807, 2.05) is 17.4 Å². The number of nitrogens with two attached hydrogens (primary N) is 1. The summed E-state index contributed by atoms with van der Waals surface area (Å²) in [5.74, 6) is 4.53. The smallest absolute Gasteiger partial charge is 0.287 e. The van der Waals surface area contributed by atoms with Gasteiger partial charge in [0.05, 0.1) is 18.3 Å². The molecule has 4 N–H and O–H groups in total. The maximum Gasteiger partial charge on any atom is 0.287 e. The zero-order valence-electron chi connectivity index (χ0n) is 10.9. The third kappa shape index (κ3) is 4.78. The molecular formula is C10H20N6O2. The molecule has 0 aliphatic heterocycles. The lowest BCUT2D eigenvalue weighted by Crippen LogP contribution is -2.37. The molecule has 0 spiro atoms. The highest BCUT2D eigenvalue weighted by Crippen LogP contribution is 2.03. The first-order chi connectivity index (χ1) is 8.31. The van der Waals surface area contributed by atoms with E-state index in [0.29, 0.717) is 19.6 Å². The molecule has 8 nitrogen and oxygen atoms in total. The van der Waals surface area contributed by atoms with Gasteiger partial charge in [0.15, 0.2) is 5.69 Å². The normalized spacial score (nSPS) is 11.9. The van der Waals surface area contributed by atoms with Crippen LogP contribution in [0.3, 0.4) is 0 Å². The van der Waals surface area contributed by atoms with Gasteiger partial charge in [-0.3, -0.25) is 14.9 Å². The number of carbonyl (C=O) groups is 1. The van der Waals surface area contributed by atoms with Crippen molar-refractivity contribution < 1.29 is 9.90 Å². The molecule has 0 bridgehead atoms. The van der Waals surface area contributed by atoms with E-state index in [1.165, 1.54) is 6.20 Å². The van der Waals surface area contributed by atoms with Gasteiger partial charge in [0.25, 0.3) is 5.91 Å². The van der Waals surface area contributed by atoms with Crippen molar-refractivity contribution in [3.63, 3.8) is 0 Å². The molecule has 1 amide bonds. The Kier molecular flexibility index (Phi) is 4.76. The molecular weight excluding hydrogens is 236 g/mol. The van der Waals surface area contributed by atoms with Gasteiger partial charge >= 0.3 is 0 Å². The number of rotatable bonds is 6. The molecule has 1 heterocycles. The number of hydrogen-bond acceptors (Lipinski definition) is 6. The van der Waals surface area contributed by atoms with Crippen molar-refractivity contribution in [1.29, 1.82) is 0 Å². The lowest BCUT2D eigenvalue weighted by Gasteiger charge is -2.25. The van der Waals surface area contributed by atoms with Crippen LogP contribution in [-0.4, -0.2) is 56.6 Å². The number of aliphatic hydroxyl groups is 1. The SMILES string of the molecule is CN(CCn1cc(C(=O)NN)nn1)CC(C)(C)O. The zero-order chi connectivity index (χ0) is 13.8. The molecule has 18 heavy (non-hydrogen) atoms. The van der Waals surface area contributed by atoms with Crippen LogP contribution in [0.5, 0.6) is 0 Å². The minimum Gasteiger partial charge on any atom is -0.389 e. The van der Waals surface area contributed by atoms with Crippen molar-refractivity contribution in [2.24, 2.45) is 5.84 Å². The number of nitrogens with one attached hydrogen (secondary N) is 1. The van der Waals surface area contributed by atoms with Gasteiger partial charge in [-0.15, -0.1) is 5.10 Å². The molecule has 1 aromatic rings. The number of nitrogen functional groups attached to an aromatic ring is 1.